The lowest BCUT2D eigenvalue weighted by Gasteiger charge is -2.01. The molecule has 4 heteroatoms. The fourth-order valence-corrected chi connectivity index (χ4v) is 1.46. The number of carboxylic acids is 1. The Morgan fingerprint density at radius 3 is 2.58 bits per heavy atom. The van der Waals surface area contributed by atoms with Crippen molar-refractivity contribution in [2.75, 3.05) is 0 Å². The summed E-state index contributed by atoms with van der Waals surface area (Å²) in [4.78, 5) is 11.8. The van der Waals surface area contributed by atoms with Crippen LogP contribution < -0.4 is 0 Å². The van der Waals surface area contributed by atoms with Crippen molar-refractivity contribution in [3.8, 4) is 0 Å². The second-order valence-corrected chi connectivity index (χ2v) is 3.38. The summed E-state index contributed by atoms with van der Waals surface area (Å²) in [5, 5.41) is 8.51. The van der Waals surface area contributed by atoms with Crippen molar-refractivity contribution >= 4 is 31.2 Å². The first-order chi connectivity index (χ1) is 5.59. The third-order valence-corrected chi connectivity index (χ3v) is 2.11. The van der Waals surface area contributed by atoms with Crippen LogP contribution in [0.1, 0.15) is 5.56 Å². The molecule has 0 saturated heterocycles. The molecule has 0 bridgehead atoms. The largest absolute Gasteiger partial charge is 0.481 e. The highest BCUT2D eigenvalue weighted by molar-refractivity contribution is 7.81. The van der Waals surface area contributed by atoms with Gasteiger partial charge in [-0.2, -0.15) is 0 Å². The lowest BCUT2D eigenvalue weighted by atomic mass is 10.1. The van der Waals surface area contributed by atoms with Gasteiger partial charge >= 0.3 is 5.97 Å². The van der Waals surface area contributed by atoms with Crippen LogP contribution in [0.2, 0.25) is 0 Å². The van der Waals surface area contributed by atoms with Crippen molar-refractivity contribution in [3.63, 3.8) is 0 Å². The highest BCUT2D eigenvalue weighted by Gasteiger charge is 2.03. The Hall–Kier alpha value is -0.610. The molecule has 2 nitrogen and oxygen atoms in total. The quantitative estimate of drug-likeness (QED) is 0.638. The van der Waals surface area contributed by atoms with Gasteiger partial charge in [0.2, 0.25) is 0 Å². The van der Waals surface area contributed by atoms with Crippen molar-refractivity contribution in [2.24, 2.45) is 0 Å². The van der Waals surface area contributed by atoms with Crippen LogP contribution in [0.25, 0.3) is 0 Å². The van der Waals surface area contributed by atoms with E-state index in [4.69, 9.17) is 5.11 Å². The second kappa shape index (κ2) is 3.87. The van der Waals surface area contributed by atoms with Gasteiger partial charge in [-0.3, -0.25) is 4.79 Å². The number of rotatable bonds is 2. The average Bonchev–Trinajstić information content (AvgIpc) is 1.94. The molecule has 0 saturated carbocycles. The van der Waals surface area contributed by atoms with Crippen LogP contribution in [-0.4, -0.2) is 11.1 Å². The number of benzene rings is 1. The molecule has 0 aliphatic rings. The highest BCUT2D eigenvalue weighted by atomic mass is 32.1. The van der Waals surface area contributed by atoms with E-state index in [0.717, 1.165) is 4.90 Å². The van der Waals surface area contributed by atoms with Crippen molar-refractivity contribution in [1.29, 1.82) is 0 Å². The zero-order valence-electron chi connectivity index (χ0n) is 6.19. The molecule has 0 amide bonds. The first kappa shape index (κ1) is 9.48. The SMILES string of the molecule is O=C(O)Cc1ccc(S)cc1S. The molecule has 0 spiro atoms. The molecule has 0 fully saturated rings. The molecule has 12 heavy (non-hydrogen) atoms. The van der Waals surface area contributed by atoms with E-state index in [0.29, 0.717) is 10.5 Å². The molecule has 0 atom stereocenters. The van der Waals surface area contributed by atoms with Crippen molar-refractivity contribution in [3.05, 3.63) is 23.8 Å². The third-order valence-electron chi connectivity index (χ3n) is 1.41. The van der Waals surface area contributed by atoms with Gasteiger partial charge in [-0.05, 0) is 17.7 Å². The summed E-state index contributed by atoms with van der Waals surface area (Å²) < 4.78 is 0. The van der Waals surface area contributed by atoms with Crippen LogP contribution in [0.5, 0.6) is 0 Å². The Kier molecular flexibility index (Phi) is 3.05. The first-order valence-corrected chi connectivity index (χ1v) is 4.21. The Bertz CT molecular complexity index is 310. The average molecular weight is 200 g/mol. The van der Waals surface area contributed by atoms with E-state index in [1.807, 2.05) is 0 Å². The Morgan fingerprint density at radius 1 is 1.42 bits per heavy atom. The number of thiol groups is 2. The Labute approximate surface area is 81.4 Å². The molecule has 0 radical (unpaired) electrons. The van der Waals surface area contributed by atoms with Crippen LogP contribution in [0.15, 0.2) is 28.0 Å². The van der Waals surface area contributed by atoms with Gasteiger partial charge in [0.1, 0.15) is 0 Å². The van der Waals surface area contributed by atoms with E-state index in [2.05, 4.69) is 25.3 Å². The fraction of sp³-hybridized carbons (Fsp3) is 0.125. The fourth-order valence-electron chi connectivity index (χ4n) is 0.865. The van der Waals surface area contributed by atoms with E-state index >= 15 is 0 Å². The minimum absolute atomic E-state index is 0.00684. The monoisotopic (exact) mass is 200 g/mol. The normalized spacial score (nSPS) is 9.83. The van der Waals surface area contributed by atoms with E-state index in [1.165, 1.54) is 0 Å². The van der Waals surface area contributed by atoms with E-state index < -0.39 is 5.97 Å². The number of carbonyl (C=O) groups is 1. The van der Waals surface area contributed by atoms with E-state index in [1.54, 1.807) is 18.2 Å². The lowest BCUT2D eigenvalue weighted by molar-refractivity contribution is -0.136. The van der Waals surface area contributed by atoms with Crippen LogP contribution >= 0.6 is 25.3 Å². The maximum absolute atomic E-state index is 10.4. The number of hydrogen-bond donors (Lipinski definition) is 3. The zero-order valence-corrected chi connectivity index (χ0v) is 7.98. The molecule has 0 aliphatic heterocycles. The van der Waals surface area contributed by atoms with E-state index in [-0.39, 0.29) is 6.42 Å². The number of hydrogen-bond acceptors (Lipinski definition) is 3. The summed E-state index contributed by atoms with van der Waals surface area (Å²) in [6.07, 6.45) is 0.00684. The number of aliphatic carboxylic acids is 1. The summed E-state index contributed by atoms with van der Waals surface area (Å²) in [7, 11) is 0. The van der Waals surface area contributed by atoms with Crippen LogP contribution in [0, 0.1) is 0 Å². The molecule has 1 aromatic rings. The topological polar surface area (TPSA) is 37.3 Å². The van der Waals surface area contributed by atoms with Gasteiger partial charge in [-0.15, -0.1) is 25.3 Å². The maximum atomic E-state index is 10.4. The summed E-state index contributed by atoms with van der Waals surface area (Å²) in [5.41, 5.74) is 0.712. The lowest BCUT2D eigenvalue weighted by Crippen LogP contribution is -2.00. The highest BCUT2D eigenvalue weighted by Crippen LogP contribution is 2.18. The molecule has 0 aliphatic carbocycles. The molecule has 64 valence electrons. The molecular formula is C8H8O2S2. The minimum Gasteiger partial charge on any atom is -0.481 e. The molecule has 0 aromatic heterocycles. The van der Waals surface area contributed by atoms with Gasteiger partial charge in [-0.25, -0.2) is 0 Å². The minimum atomic E-state index is -0.850. The first-order valence-electron chi connectivity index (χ1n) is 3.32. The van der Waals surface area contributed by atoms with Crippen LogP contribution in [0.4, 0.5) is 0 Å². The summed E-state index contributed by atoms with van der Waals surface area (Å²) in [5.74, 6) is -0.850. The van der Waals surface area contributed by atoms with Gasteiger partial charge in [0.05, 0.1) is 6.42 Å². The van der Waals surface area contributed by atoms with Crippen LogP contribution in [0.3, 0.4) is 0 Å². The molecule has 0 heterocycles. The van der Waals surface area contributed by atoms with Crippen molar-refractivity contribution in [2.45, 2.75) is 16.2 Å². The zero-order chi connectivity index (χ0) is 9.14. The molecule has 1 N–H and O–H groups in total. The van der Waals surface area contributed by atoms with Crippen LogP contribution in [-0.2, 0) is 11.2 Å². The predicted molar refractivity (Wildman–Crippen MR) is 52.3 cm³/mol. The number of carboxylic acid groups (broad SMARTS) is 1. The summed E-state index contributed by atoms with van der Waals surface area (Å²) in [6, 6.07) is 5.20. The van der Waals surface area contributed by atoms with Gasteiger partial charge in [-0.1, -0.05) is 6.07 Å². The molecular weight excluding hydrogens is 192 g/mol. The van der Waals surface area contributed by atoms with Gasteiger partial charge in [0.25, 0.3) is 0 Å². The van der Waals surface area contributed by atoms with Gasteiger partial charge in [0, 0.05) is 9.79 Å². The van der Waals surface area contributed by atoms with Crippen molar-refractivity contribution in [1.82, 2.24) is 0 Å². The summed E-state index contributed by atoms with van der Waals surface area (Å²) in [6.45, 7) is 0. The van der Waals surface area contributed by atoms with Crippen molar-refractivity contribution < 1.29 is 9.90 Å². The third kappa shape index (κ3) is 2.46. The molecule has 1 aromatic carbocycles. The molecule has 1 rings (SSSR count). The summed E-state index contributed by atoms with van der Waals surface area (Å²) >= 11 is 8.23. The smallest absolute Gasteiger partial charge is 0.307 e. The Morgan fingerprint density at radius 2 is 2.08 bits per heavy atom. The van der Waals surface area contributed by atoms with Gasteiger partial charge in [0.15, 0.2) is 0 Å². The second-order valence-electron chi connectivity index (χ2n) is 2.38. The predicted octanol–water partition coefficient (Wildman–Crippen LogP) is 1.89. The maximum Gasteiger partial charge on any atom is 0.307 e. The molecule has 0 unspecified atom stereocenters. The van der Waals surface area contributed by atoms with Gasteiger partial charge < -0.3 is 5.11 Å². The standard InChI is InChI=1S/C8H8O2S2/c9-8(10)3-5-1-2-6(11)4-7(5)12/h1-2,4,11-12H,3H2,(H,9,10). The van der Waals surface area contributed by atoms with E-state index in [9.17, 15) is 4.79 Å². The Balaban J connectivity index is 2.93.